The maximum Gasteiger partial charge on any atom is 0.257 e. The van der Waals surface area contributed by atoms with Crippen LogP contribution in [0.4, 0.5) is 17.1 Å². The van der Waals surface area contributed by atoms with Gasteiger partial charge in [0.1, 0.15) is 0 Å². The summed E-state index contributed by atoms with van der Waals surface area (Å²) < 4.78 is 0. The van der Waals surface area contributed by atoms with Gasteiger partial charge in [-0.2, -0.15) is 0 Å². The van der Waals surface area contributed by atoms with Crippen molar-refractivity contribution in [1.29, 1.82) is 0 Å². The van der Waals surface area contributed by atoms with Gasteiger partial charge in [0.05, 0.1) is 0 Å². The van der Waals surface area contributed by atoms with E-state index in [9.17, 15) is 4.79 Å². The highest BCUT2D eigenvalue weighted by atomic mass is 32.1. The summed E-state index contributed by atoms with van der Waals surface area (Å²) in [6.07, 6.45) is 0. The zero-order valence-corrected chi connectivity index (χ0v) is 15.1. The average molecular weight is 361 g/mol. The highest BCUT2D eigenvalue weighted by Gasteiger charge is 2.10. The number of benzene rings is 3. The molecule has 0 unspecified atom stereocenters. The first kappa shape index (κ1) is 17.6. The molecule has 0 aliphatic carbocycles. The summed E-state index contributed by atoms with van der Waals surface area (Å²) in [4.78, 5) is 12.3. The second-order valence-corrected chi connectivity index (χ2v) is 6.20. The highest BCUT2D eigenvalue weighted by molar-refractivity contribution is 7.80. The van der Waals surface area contributed by atoms with E-state index in [2.05, 4.69) is 16.0 Å². The number of nitrogens with one attached hydrogen (secondary N) is 3. The number of rotatable bonds is 4. The van der Waals surface area contributed by atoms with Crippen LogP contribution >= 0.6 is 12.2 Å². The molecule has 0 heterocycles. The molecular weight excluding hydrogens is 342 g/mol. The number of carbonyl (C=O) groups is 1. The van der Waals surface area contributed by atoms with Crippen molar-refractivity contribution in [3.05, 3.63) is 90.0 Å². The molecule has 0 radical (unpaired) electrons. The number of hydrogen-bond donors (Lipinski definition) is 3. The molecule has 0 atom stereocenters. The first-order valence-electron chi connectivity index (χ1n) is 8.22. The molecule has 3 rings (SSSR count). The van der Waals surface area contributed by atoms with Gasteiger partial charge in [-0.1, -0.05) is 36.4 Å². The second kappa shape index (κ2) is 8.27. The normalized spacial score (nSPS) is 10.0. The van der Waals surface area contributed by atoms with Gasteiger partial charge in [-0.05, 0) is 67.2 Å². The standard InChI is InChI=1S/C21H19N3OS/c1-15-7-5-6-10-19(15)20(25)24-21(26)23-18-13-11-17(12-14-18)22-16-8-3-2-4-9-16/h2-14,22H,1H3,(H2,23,24,25,26). The lowest BCUT2D eigenvalue weighted by atomic mass is 10.1. The fourth-order valence-electron chi connectivity index (χ4n) is 2.49. The molecule has 0 aromatic heterocycles. The minimum atomic E-state index is -0.219. The predicted octanol–water partition coefficient (Wildman–Crippen LogP) is 4.87. The Morgan fingerprint density at radius 2 is 1.35 bits per heavy atom. The number of para-hydroxylation sites is 1. The van der Waals surface area contributed by atoms with E-state index in [1.54, 1.807) is 6.07 Å². The van der Waals surface area contributed by atoms with Crippen molar-refractivity contribution < 1.29 is 4.79 Å². The number of carbonyl (C=O) groups excluding carboxylic acids is 1. The van der Waals surface area contributed by atoms with E-state index in [0.29, 0.717) is 5.56 Å². The summed E-state index contributed by atoms with van der Waals surface area (Å²) in [5.41, 5.74) is 4.31. The summed E-state index contributed by atoms with van der Waals surface area (Å²) in [7, 11) is 0. The Hall–Kier alpha value is -3.18. The number of thiocarbonyl (C=S) groups is 1. The van der Waals surface area contributed by atoms with Gasteiger partial charge >= 0.3 is 0 Å². The zero-order valence-electron chi connectivity index (χ0n) is 14.3. The molecule has 0 bridgehead atoms. The van der Waals surface area contributed by atoms with Crippen molar-refractivity contribution in [2.45, 2.75) is 6.92 Å². The van der Waals surface area contributed by atoms with Crippen LogP contribution in [0.15, 0.2) is 78.9 Å². The molecule has 0 saturated heterocycles. The summed E-state index contributed by atoms with van der Waals surface area (Å²) >= 11 is 5.23. The molecule has 0 aliphatic rings. The monoisotopic (exact) mass is 361 g/mol. The summed E-state index contributed by atoms with van der Waals surface area (Å²) in [5, 5.41) is 9.31. The van der Waals surface area contributed by atoms with Crippen LogP contribution in [-0.4, -0.2) is 11.0 Å². The molecule has 130 valence electrons. The third-order valence-electron chi connectivity index (χ3n) is 3.82. The first-order valence-corrected chi connectivity index (χ1v) is 8.63. The molecule has 0 saturated carbocycles. The Morgan fingerprint density at radius 3 is 2.04 bits per heavy atom. The van der Waals surface area contributed by atoms with Gasteiger partial charge in [0.15, 0.2) is 5.11 Å². The largest absolute Gasteiger partial charge is 0.356 e. The number of anilines is 3. The molecule has 3 aromatic rings. The van der Waals surface area contributed by atoms with Crippen molar-refractivity contribution in [3.8, 4) is 0 Å². The molecule has 5 heteroatoms. The van der Waals surface area contributed by atoms with E-state index in [4.69, 9.17) is 12.2 Å². The van der Waals surface area contributed by atoms with Gasteiger partial charge in [-0.3, -0.25) is 10.1 Å². The average Bonchev–Trinajstić information content (AvgIpc) is 2.64. The van der Waals surface area contributed by atoms with Crippen LogP contribution in [0.3, 0.4) is 0 Å². The fourth-order valence-corrected chi connectivity index (χ4v) is 2.70. The minimum absolute atomic E-state index is 0.219. The smallest absolute Gasteiger partial charge is 0.257 e. The molecule has 3 N–H and O–H groups in total. The lowest BCUT2D eigenvalue weighted by molar-refractivity contribution is 0.0977. The fraction of sp³-hybridized carbons (Fsp3) is 0.0476. The molecule has 0 fully saturated rings. The van der Waals surface area contributed by atoms with Gasteiger partial charge in [0.25, 0.3) is 5.91 Å². The van der Waals surface area contributed by atoms with Crippen LogP contribution in [0.5, 0.6) is 0 Å². The maximum atomic E-state index is 12.3. The van der Waals surface area contributed by atoms with E-state index < -0.39 is 0 Å². The van der Waals surface area contributed by atoms with Gasteiger partial charge in [0, 0.05) is 22.6 Å². The van der Waals surface area contributed by atoms with Gasteiger partial charge < -0.3 is 10.6 Å². The molecule has 1 amide bonds. The summed E-state index contributed by atoms with van der Waals surface area (Å²) in [6.45, 7) is 1.89. The van der Waals surface area contributed by atoms with Crippen LogP contribution in [-0.2, 0) is 0 Å². The first-order chi connectivity index (χ1) is 12.6. The zero-order chi connectivity index (χ0) is 18.4. The highest BCUT2D eigenvalue weighted by Crippen LogP contribution is 2.18. The third-order valence-corrected chi connectivity index (χ3v) is 4.03. The van der Waals surface area contributed by atoms with E-state index in [0.717, 1.165) is 22.6 Å². The summed E-state index contributed by atoms with van der Waals surface area (Å²) in [5.74, 6) is -0.219. The lowest BCUT2D eigenvalue weighted by Gasteiger charge is -2.12. The number of amides is 1. The van der Waals surface area contributed by atoms with E-state index >= 15 is 0 Å². The Labute approximate surface area is 158 Å². The summed E-state index contributed by atoms with van der Waals surface area (Å²) in [6, 6.07) is 25.0. The minimum Gasteiger partial charge on any atom is -0.356 e. The van der Waals surface area contributed by atoms with E-state index in [1.807, 2.05) is 79.7 Å². The molecular formula is C21H19N3OS. The van der Waals surface area contributed by atoms with Crippen LogP contribution in [0, 0.1) is 6.92 Å². The number of aryl methyl sites for hydroxylation is 1. The third kappa shape index (κ3) is 4.68. The van der Waals surface area contributed by atoms with Gasteiger partial charge in [0.2, 0.25) is 0 Å². The van der Waals surface area contributed by atoms with Gasteiger partial charge in [-0.15, -0.1) is 0 Å². The molecule has 0 spiro atoms. The van der Waals surface area contributed by atoms with Crippen molar-refractivity contribution in [2.24, 2.45) is 0 Å². The molecule has 26 heavy (non-hydrogen) atoms. The molecule has 0 aliphatic heterocycles. The Kier molecular flexibility index (Phi) is 5.61. The quantitative estimate of drug-likeness (QED) is 0.581. The molecule has 3 aromatic carbocycles. The molecule has 4 nitrogen and oxygen atoms in total. The Balaban J connectivity index is 1.58. The topological polar surface area (TPSA) is 53.2 Å². The number of hydrogen-bond acceptors (Lipinski definition) is 3. The van der Waals surface area contributed by atoms with E-state index in [1.165, 1.54) is 0 Å². The SMILES string of the molecule is Cc1ccccc1C(=O)NC(=S)Nc1ccc(Nc2ccccc2)cc1. The Bertz CT molecular complexity index is 908. The second-order valence-electron chi connectivity index (χ2n) is 5.79. The van der Waals surface area contributed by atoms with Crippen LogP contribution < -0.4 is 16.0 Å². The van der Waals surface area contributed by atoms with Crippen molar-refractivity contribution in [1.82, 2.24) is 5.32 Å². The maximum absolute atomic E-state index is 12.3. The lowest BCUT2D eigenvalue weighted by Crippen LogP contribution is -2.34. The van der Waals surface area contributed by atoms with Gasteiger partial charge in [-0.25, -0.2) is 0 Å². The van der Waals surface area contributed by atoms with Crippen molar-refractivity contribution in [3.63, 3.8) is 0 Å². The van der Waals surface area contributed by atoms with Crippen LogP contribution in [0.1, 0.15) is 15.9 Å². The van der Waals surface area contributed by atoms with Crippen LogP contribution in [0.2, 0.25) is 0 Å². The Morgan fingerprint density at radius 1 is 0.769 bits per heavy atom. The predicted molar refractivity (Wildman–Crippen MR) is 111 cm³/mol. The van der Waals surface area contributed by atoms with E-state index in [-0.39, 0.29) is 11.0 Å². The van der Waals surface area contributed by atoms with Crippen molar-refractivity contribution in [2.75, 3.05) is 10.6 Å². The van der Waals surface area contributed by atoms with Crippen LogP contribution in [0.25, 0.3) is 0 Å². The van der Waals surface area contributed by atoms with Crippen molar-refractivity contribution >= 4 is 40.3 Å².